The summed E-state index contributed by atoms with van der Waals surface area (Å²) in [6.07, 6.45) is 1.99. The Morgan fingerprint density at radius 1 is 1.24 bits per heavy atom. The van der Waals surface area contributed by atoms with E-state index < -0.39 is 0 Å². The number of hydrogen-bond donors (Lipinski definition) is 0. The van der Waals surface area contributed by atoms with Gasteiger partial charge in [-0.1, -0.05) is 36.8 Å². The summed E-state index contributed by atoms with van der Waals surface area (Å²) in [4.78, 5) is 30.7. The first kappa shape index (κ1) is 21.5. The summed E-state index contributed by atoms with van der Waals surface area (Å²) in [7, 11) is 1.65. The lowest BCUT2D eigenvalue weighted by atomic mass is 9.92. The van der Waals surface area contributed by atoms with E-state index in [0.717, 1.165) is 18.4 Å². The maximum Gasteiger partial charge on any atom is 0.242 e. The number of carbonyl (C=O) groups excluding carboxylic acids is 2. The van der Waals surface area contributed by atoms with Crippen LogP contribution in [0.1, 0.15) is 47.4 Å². The Kier molecular flexibility index (Phi) is 7.45. The third-order valence-electron chi connectivity index (χ3n) is 5.44. The molecule has 1 aliphatic rings. The van der Waals surface area contributed by atoms with Crippen LogP contribution in [0.5, 0.6) is 0 Å². The molecule has 3 rings (SSSR count). The molecule has 6 heteroatoms. The van der Waals surface area contributed by atoms with Crippen molar-refractivity contribution in [2.24, 2.45) is 0 Å². The lowest BCUT2D eigenvalue weighted by Crippen LogP contribution is -2.47. The Morgan fingerprint density at radius 2 is 2.00 bits per heavy atom. The molecule has 1 atom stereocenters. The normalized spacial score (nSPS) is 15.8. The lowest BCUT2D eigenvalue weighted by molar-refractivity contribution is -0.141. The molecule has 2 heterocycles. The van der Waals surface area contributed by atoms with Crippen LogP contribution < -0.4 is 0 Å². The molecule has 0 N–H and O–H groups in total. The van der Waals surface area contributed by atoms with Gasteiger partial charge in [-0.25, -0.2) is 0 Å². The van der Waals surface area contributed by atoms with Crippen molar-refractivity contribution in [2.75, 3.05) is 33.4 Å². The van der Waals surface area contributed by atoms with Gasteiger partial charge in [0.1, 0.15) is 0 Å². The average Bonchev–Trinajstić information content (AvgIpc) is 3.21. The number of carbonyl (C=O) groups is 2. The molecule has 0 unspecified atom stereocenters. The molecule has 0 fully saturated rings. The molecule has 1 aliphatic heterocycles. The Balaban J connectivity index is 1.83. The quantitative estimate of drug-likeness (QED) is 0.617. The molecule has 5 nitrogen and oxygen atoms in total. The molecule has 0 bridgehead atoms. The Bertz CT molecular complexity index is 831. The molecule has 0 saturated carbocycles. The minimum absolute atomic E-state index is 0.00615. The van der Waals surface area contributed by atoms with Crippen molar-refractivity contribution in [3.05, 3.63) is 57.3 Å². The zero-order valence-electron chi connectivity index (χ0n) is 17.5. The number of aryl methyl sites for hydroxylation is 1. The summed E-state index contributed by atoms with van der Waals surface area (Å²) < 4.78 is 5.11. The van der Waals surface area contributed by atoms with Gasteiger partial charge in [0.2, 0.25) is 11.8 Å². The molecule has 2 aromatic rings. The van der Waals surface area contributed by atoms with Crippen molar-refractivity contribution < 1.29 is 14.3 Å². The number of thiophene rings is 1. The SMILES string of the molecule is CCC(=O)N(CCCOC)CC(=O)N1CCc2sccc2[C@@H]1c1ccc(C)cc1. The van der Waals surface area contributed by atoms with E-state index in [0.29, 0.717) is 26.1 Å². The number of methoxy groups -OCH3 is 1. The summed E-state index contributed by atoms with van der Waals surface area (Å²) in [6.45, 7) is 5.82. The van der Waals surface area contributed by atoms with Gasteiger partial charge in [0.15, 0.2) is 0 Å². The van der Waals surface area contributed by atoms with Crippen LogP contribution in [0.4, 0.5) is 0 Å². The number of hydrogen-bond acceptors (Lipinski definition) is 4. The van der Waals surface area contributed by atoms with E-state index in [1.54, 1.807) is 23.3 Å². The van der Waals surface area contributed by atoms with E-state index in [4.69, 9.17) is 4.74 Å². The molecule has 29 heavy (non-hydrogen) atoms. The van der Waals surface area contributed by atoms with Gasteiger partial charge in [0.05, 0.1) is 12.6 Å². The molecule has 1 aromatic carbocycles. The predicted octanol–water partition coefficient (Wildman–Crippen LogP) is 3.81. The first-order chi connectivity index (χ1) is 14.0. The largest absolute Gasteiger partial charge is 0.385 e. The van der Waals surface area contributed by atoms with E-state index in [-0.39, 0.29) is 24.4 Å². The van der Waals surface area contributed by atoms with Gasteiger partial charge in [-0.15, -0.1) is 11.3 Å². The number of amides is 2. The minimum atomic E-state index is -0.0874. The number of benzene rings is 1. The van der Waals surface area contributed by atoms with E-state index in [1.165, 1.54) is 16.0 Å². The highest BCUT2D eigenvalue weighted by molar-refractivity contribution is 7.10. The van der Waals surface area contributed by atoms with Crippen LogP contribution in [0.25, 0.3) is 0 Å². The van der Waals surface area contributed by atoms with E-state index in [9.17, 15) is 9.59 Å². The Hall–Kier alpha value is -2.18. The van der Waals surface area contributed by atoms with Gasteiger partial charge >= 0.3 is 0 Å². The van der Waals surface area contributed by atoms with Crippen molar-refractivity contribution >= 4 is 23.2 Å². The van der Waals surface area contributed by atoms with Crippen LogP contribution in [-0.4, -0.2) is 55.0 Å². The van der Waals surface area contributed by atoms with Crippen molar-refractivity contribution in [1.82, 2.24) is 9.80 Å². The van der Waals surface area contributed by atoms with Crippen molar-refractivity contribution in [3.8, 4) is 0 Å². The number of ether oxygens (including phenoxy) is 1. The molecular weight excluding hydrogens is 384 g/mol. The molecule has 0 aliphatic carbocycles. The summed E-state index contributed by atoms with van der Waals surface area (Å²) in [5.74, 6) is 0.0150. The fraction of sp³-hybridized carbons (Fsp3) is 0.478. The lowest BCUT2D eigenvalue weighted by Gasteiger charge is -2.37. The van der Waals surface area contributed by atoms with Gasteiger partial charge in [0.25, 0.3) is 0 Å². The number of rotatable bonds is 8. The van der Waals surface area contributed by atoms with Gasteiger partial charge < -0.3 is 14.5 Å². The highest BCUT2D eigenvalue weighted by Gasteiger charge is 2.33. The molecule has 156 valence electrons. The topological polar surface area (TPSA) is 49.9 Å². The van der Waals surface area contributed by atoms with Gasteiger partial charge in [-0.3, -0.25) is 9.59 Å². The fourth-order valence-electron chi connectivity index (χ4n) is 3.86. The Morgan fingerprint density at radius 3 is 2.69 bits per heavy atom. The molecule has 0 radical (unpaired) electrons. The van der Waals surface area contributed by atoms with Crippen molar-refractivity contribution in [2.45, 2.75) is 39.2 Å². The van der Waals surface area contributed by atoms with Gasteiger partial charge in [-0.05, 0) is 42.3 Å². The van der Waals surface area contributed by atoms with Crippen LogP contribution in [0.3, 0.4) is 0 Å². The fourth-order valence-corrected chi connectivity index (χ4v) is 4.77. The second-order valence-electron chi connectivity index (χ2n) is 7.46. The first-order valence-electron chi connectivity index (χ1n) is 10.2. The predicted molar refractivity (Wildman–Crippen MR) is 116 cm³/mol. The zero-order valence-corrected chi connectivity index (χ0v) is 18.3. The maximum absolute atomic E-state index is 13.3. The zero-order chi connectivity index (χ0) is 20.8. The minimum Gasteiger partial charge on any atom is -0.385 e. The van der Waals surface area contributed by atoms with Crippen LogP contribution >= 0.6 is 11.3 Å². The van der Waals surface area contributed by atoms with Gasteiger partial charge in [-0.2, -0.15) is 0 Å². The standard InChI is InChI=1S/C23H30N2O3S/c1-4-21(26)24(12-5-14-28-3)16-22(27)25-13-10-20-19(11-15-29-20)23(25)18-8-6-17(2)7-9-18/h6-9,11,15,23H,4-5,10,12-14,16H2,1-3H3/t23-/m0/s1. The molecule has 2 amide bonds. The van der Waals surface area contributed by atoms with E-state index in [1.807, 2.05) is 11.8 Å². The van der Waals surface area contributed by atoms with E-state index >= 15 is 0 Å². The monoisotopic (exact) mass is 414 g/mol. The Labute approximate surface area is 177 Å². The number of nitrogens with zero attached hydrogens (tertiary/aromatic N) is 2. The van der Waals surface area contributed by atoms with Crippen molar-refractivity contribution in [1.29, 1.82) is 0 Å². The summed E-state index contributed by atoms with van der Waals surface area (Å²) in [6, 6.07) is 10.5. The van der Waals surface area contributed by atoms with Crippen LogP contribution in [0, 0.1) is 6.92 Å². The smallest absolute Gasteiger partial charge is 0.242 e. The van der Waals surface area contributed by atoms with Crippen LogP contribution in [0.2, 0.25) is 0 Å². The van der Waals surface area contributed by atoms with Crippen molar-refractivity contribution in [3.63, 3.8) is 0 Å². The molecule has 0 spiro atoms. The summed E-state index contributed by atoms with van der Waals surface area (Å²) in [5.41, 5.74) is 3.54. The first-order valence-corrected chi connectivity index (χ1v) is 11.1. The third-order valence-corrected chi connectivity index (χ3v) is 6.43. The second-order valence-corrected chi connectivity index (χ2v) is 8.47. The second kappa shape index (κ2) is 10.0. The third kappa shape index (κ3) is 5.06. The molecule has 0 saturated heterocycles. The molecular formula is C23H30N2O3S. The molecule has 1 aromatic heterocycles. The van der Waals surface area contributed by atoms with Crippen LogP contribution in [0.15, 0.2) is 35.7 Å². The van der Waals surface area contributed by atoms with Gasteiger partial charge in [0, 0.05) is 38.1 Å². The highest BCUT2D eigenvalue weighted by Crippen LogP contribution is 2.37. The average molecular weight is 415 g/mol. The maximum atomic E-state index is 13.3. The highest BCUT2D eigenvalue weighted by atomic mass is 32.1. The van der Waals surface area contributed by atoms with Crippen LogP contribution in [-0.2, 0) is 20.7 Å². The van der Waals surface area contributed by atoms with E-state index in [2.05, 4.69) is 42.6 Å². The summed E-state index contributed by atoms with van der Waals surface area (Å²) in [5, 5.41) is 2.11. The summed E-state index contributed by atoms with van der Waals surface area (Å²) >= 11 is 1.76. The number of fused-ring (bicyclic) bond motifs is 1.